The highest BCUT2D eigenvalue weighted by Crippen LogP contribution is 2.30. The van der Waals surface area contributed by atoms with Crippen LogP contribution in [0, 0.1) is 0 Å². The summed E-state index contributed by atoms with van der Waals surface area (Å²) in [6.45, 7) is 0.554. The Balaban J connectivity index is 2.10. The molecule has 3 heteroatoms. The van der Waals surface area contributed by atoms with Gasteiger partial charge in [0.25, 0.3) is 0 Å². The Morgan fingerprint density at radius 1 is 1.05 bits per heavy atom. The van der Waals surface area contributed by atoms with Crippen molar-refractivity contribution in [3.05, 3.63) is 66.4 Å². The molecular formula is C17H17N3. The number of nitrogens with zero attached hydrogens (tertiary/aromatic N) is 2. The molecule has 1 aromatic heterocycles. The Morgan fingerprint density at radius 2 is 1.90 bits per heavy atom. The Hall–Kier alpha value is -2.39. The zero-order valence-electron chi connectivity index (χ0n) is 11.5. The number of benzene rings is 2. The number of anilines is 2. The third-order valence-electron chi connectivity index (χ3n) is 3.52. The second-order valence-corrected chi connectivity index (χ2v) is 4.78. The fourth-order valence-electron chi connectivity index (χ4n) is 2.40. The summed E-state index contributed by atoms with van der Waals surface area (Å²) in [5.41, 5.74) is 10.1. The molecule has 0 atom stereocenters. The van der Waals surface area contributed by atoms with E-state index in [1.807, 2.05) is 42.6 Å². The van der Waals surface area contributed by atoms with Gasteiger partial charge >= 0.3 is 0 Å². The van der Waals surface area contributed by atoms with E-state index in [9.17, 15) is 0 Å². The Kier molecular flexibility index (Phi) is 3.35. The quantitative estimate of drug-likeness (QED) is 0.787. The summed E-state index contributed by atoms with van der Waals surface area (Å²) in [6.07, 6.45) is 1.85. The largest absolute Gasteiger partial charge is 0.344 e. The second-order valence-electron chi connectivity index (χ2n) is 4.78. The van der Waals surface area contributed by atoms with Crippen molar-refractivity contribution in [2.75, 3.05) is 11.9 Å². The molecule has 0 saturated carbocycles. The zero-order valence-corrected chi connectivity index (χ0v) is 11.5. The average molecular weight is 263 g/mol. The van der Waals surface area contributed by atoms with Crippen LogP contribution in [0.25, 0.3) is 10.9 Å². The number of fused-ring (bicyclic) bond motifs is 1. The number of rotatable bonds is 3. The highest BCUT2D eigenvalue weighted by atomic mass is 15.1. The van der Waals surface area contributed by atoms with E-state index in [1.165, 1.54) is 0 Å². The second kappa shape index (κ2) is 5.31. The van der Waals surface area contributed by atoms with Crippen molar-refractivity contribution >= 4 is 22.3 Å². The van der Waals surface area contributed by atoms with Gasteiger partial charge < -0.3 is 10.6 Å². The summed E-state index contributed by atoms with van der Waals surface area (Å²) >= 11 is 0. The minimum absolute atomic E-state index is 0.554. The van der Waals surface area contributed by atoms with E-state index in [0.717, 1.165) is 27.8 Å². The van der Waals surface area contributed by atoms with Crippen LogP contribution in [0.15, 0.2) is 60.8 Å². The molecule has 100 valence electrons. The molecule has 2 N–H and O–H groups in total. The summed E-state index contributed by atoms with van der Waals surface area (Å²) in [4.78, 5) is 6.57. The molecule has 3 rings (SSSR count). The van der Waals surface area contributed by atoms with Gasteiger partial charge in [0.1, 0.15) is 0 Å². The van der Waals surface area contributed by atoms with Crippen molar-refractivity contribution in [3.8, 4) is 0 Å². The summed E-state index contributed by atoms with van der Waals surface area (Å²) in [5.74, 6) is 0. The van der Waals surface area contributed by atoms with E-state index < -0.39 is 0 Å². The molecule has 0 bridgehead atoms. The monoisotopic (exact) mass is 263 g/mol. The molecule has 3 nitrogen and oxygen atoms in total. The molecule has 20 heavy (non-hydrogen) atoms. The van der Waals surface area contributed by atoms with Gasteiger partial charge in [-0.25, -0.2) is 0 Å². The smallest absolute Gasteiger partial charge is 0.0722 e. The number of aromatic nitrogens is 1. The van der Waals surface area contributed by atoms with Crippen LogP contribution >= 0.6 is 0 Å². The Bertz CT molecular complexity index is 732. The lowest BCUT2D eigenvalue weighted by Gasteiger charge is -2.21. The van der Waals surface area contributed by atoms with Crippen molar-refractivity contribution in [2.45, 2.75) is 6.54 Å². The van der Waals surface area contributed by atoms with Crippen LogP contribution < -0.4 is 10.6 Å². The van der Waals surface area contributed by atoms with Gasteiger partial charge in [-0.3, -0.25) is 4.98 Å². The van der Waals surface area contributed by atoms with E-state index in [1.54, 1.807) is 0 Å². The van der Waals surface area contributed by atoms with Crippen LogP contribution in [-0.2, 0) is 6.54 Å². The third-order valence-corrected chi connectivity index (χ3v) is 3.52. The highest BCUT2D eigenvalue weighted by Gasteiger charge is 2.08. The first-order valence-corrected chi connectivity index (χ1v) is 6.66. The lowest BCUT2D eigenvalue weighted by Crippen LogP contribution is -2.10. The van der Waals surface area contributed by atoms with Crippen LogP contribution in [-0.4, -0.2) is 12.0 Å². The van der Waals surface area contributed by atoms with Crippen LogP contribution in [0.2, 0.25) is 0 Å². The normalized spacial score (nSPS) is 10.7. The Morgan fingerprint density at radius 3 is 2.75 bits per heavy atom. The summed E-state index contributed by atoms with van der Waals surface area (Å²) < 4.78 is 0. The number of hydrogen-bond donors (Lipinski definition) is 1. The number of pyridine rings is 1. The van der Waals surface area contributed by atoms with E-state index in [0.29, 0.717) is 6.54 Å². The minimum Gasteiger partial charge on any atom is -0.344 e. The van der Waals surface area contributed by atoms with Crippen molar-refractivity contribution in [2.24, 2.45) is 5.73 Å². The standard InChI is InChI=1S/C17H17N3/c1-20(14-6-4-5-13(11-14)12-18)17-9-10-19-16-8-3-2-7-15(16)17/h2-11H,12,18H2,1H3. The van der Waals surface area contributed by atoms with Gasteiger partial charge in [-0.05, 0) is 29.8 Å². The van der Waals surface area contributed by atoms with E-state index >= 15 is 0 Å². The molecule has 0 aliphatic rings. The van der Waals surface area contributed by atoms with Crippen molar-refractivity contribution in [1.82, 2.24) is 4.98 Å². The van der Waals surface area contributed by atoms with Gasteiger partial charge in [0.05, 0.1) is 11.2 Å². The fraction of sp³-hybridized carbons (Fsp3) is 0.118. The third kappa shape index (κ3) is 2.24. The lowest BCUT2D eigenvalue weighted by atomic mass is 10.1. The van der Waals surface area contributed by atoms with Gasteiger partial charge in [0.15, 0.2) is 0 Å². The van der Waals surface area contributed by atoms with Crippen molar-refractivity contribution in [3.63, 3.8) is 0 Å². The fourth-order valence-corrected chi connectivity index (χ4v) is 2.40. The molecule has 0 fully saturated rings. The maximum atomic E-state index is 5.72. The molecule has 0 radical (unpaired) electrons. The molecular weight excluding hydrogens is 246 g/mol. The first-order valence-electron chi connectivity index (χ1n) is 6.66. The van der Waals surface area contributed by atoms with Gasteiger partial charge in [-0.1, -0.05) is 30.3 Å². The first kappa shape index (κ1) is 12.6. The molecule has 0 spiro atoms. The van der Waals surface area contributed by atoms with Gasteiger partial charge in [0.2, 0.25) is 0 Å². The van der Waals surface area contributed by atoms with E-state index in [4.69, 9.17) is 5.73 Å². The predicted molar refractivity (Wildman–Crippen MR) is 84.1 cm³/mol. The van der Waals surface area contributed by atoms with Crippen LogP contribution in [0.4, 0.5) is 11.4 Å². The maximum Gasteiger partial charge on any atom is 0.0722 e. The molecule has 2 aromatic carbocycles. The maximum absolute atomic E-state index is 5.72. The number of para-hydroxylation sites is 1. The summed E-state index contributed by atoms with van der Waals surface area (Å²) in [5, 5.41) is 1.15. The molecule has 0 unspecified atom stereocenters. The molecule has 0 aliphatic heterocycles. The zero-order chi connectivity index (χ0) is 13.9. The number of nitrogens with two attached hydrogens (primary N) is 1. The average Bonchev–Trinajstić information content (AvgIpc) is 2.53. The molecule has 0 saturated heterocycles. The van der Waals surface area contributed by atoms with Gasteiger partial charge in [-0.15, -0.1) is 0 Å². The van der Waals surface area contributed by atoms with Crippen molar-refractivity contribution in [1.29, 1.82) is 0 Å². The van der Waals surface area contributed by atoms with E-state index in [-0.39, 0.29) is 0 Å². The SMILES string of the molecule is CN(c1cccc(CN)c1)c1ccnc2ccccc12. The van der Waals surface area contributed by atoms with Crippen molar-refractivity contribution < 1.29 is 0 Å². The highest BCUT2D eigenvalue weighted by molar-refractivity contribution is 5.93. The van der Waals surface area contributed by atoms with Gasteiger partial charge in [0, 0.05) is 30.9 Å². The molecule has 1 heterocycles. The van der Waals surface area contributed by atoms with Crippen LogP contribution in [0.3, 0.4) is 0 Å². The number of hydrogen-bond acceptors (Lipinski definition) is 3. The molecule has 3 aromatic rings. The first-order chi connectivity index (χ1) is 9.79. The predicted octanol–water partition coefficient (Wildman–Crippen LogP) is 3.46. The van der Waals surface area contributed by atoms with Gasteiger partial charge in [-0.2, -0.15) is 0 Å². The lowest BCUT2D eigenvalue weighted by molar-refractivity contribution is 1.06. The van der Waals surface area contributed by atoms with E-state index in [2.05, 4.69) is 35.1 Å². The van der Waals surface area contributed by atoms with Crippen LogP contribution in [0.1, 0.15) is 5.56 Å². The topological polar surface area (TPSA) is 42.1 Å². The summed E-state index contributed by atoms with van der Waals surface area (Å²) in [7, 11) is 2.07. The molecule has 0 aliphatic carbocycles. The minimum atomic E-state index is 0.554. The van der Waals surface area contributed by atoms with Crippen LogP contribution in [0.5, 0.6) is 0 Å². The molecule has 0 amide bonds. The Labute approximate surface area is 118 Å². The summed E-state index contributed by atoms with van der Waals surface area (Å²) in [6, 6.07) is 18.5.